The largest absolute Gasteiger partial charge is 0.496 e. The molecule has 6 heteroatoms. The maximum absolute atomic E-state index is 12.4. The quantitative estimate of drug-likeness (QED) is 0.865. The Morgan fingerprint density at radius 1 is 1.20 bits per heavy atom. The first-order chi connectivity index (χ1) is 9.51. The Morgan fingerprint density at radius 2 is 1.95 bits per heavy atom. The van der Waals surface area contributed by atoms with E-state index in [1.807, 2.05) is 0 Å². The zero-order valence-corrected chi connectivity index (χ0v) is 13.1. The second kappa shape index (κ2) is 6.48. The number of hydrogen-bond acceptors (Lipinski definition) is 3. The van der Waals surface area contributed by atoms with E-state index in [9.17, 15) is 4.21 Å². The van der Waals surface area contributed by atoms with Crippen molar-refractivity contribution in [2.24, 2.45) is 0 Å². The van der Waals surface area contributed by atoms with Crippen molar-refractivity contribution in [1.29, 1.82) is 0 Å². The lowest BCUT2D eigenvalue weighted by Gasteiger charge is -2.10. The molecule has 0 saturated carbocycles. The first-order valence-corrected chi connectivity index (χ1v) is 7.84. The van der Waals surface area contributed by atoms with Gasteiger partial charge in [-0.25, -0.2) is 0 Å². The summed E-state index contributed by atoms with van der Waals surface area (Å²) >= 11 is 12.0. The van der Waals surface area contributed by atoms with E-state index in [0.717, 1.165) is 5.56 Å². The number of nitrogen functional groups attached to an aromatic ring is 1. The van der Waals surface area contributed by atoms with Crippen LogP contribution in [0.15, 0.2) is 41.3 Å². The van der Waals surface area contributed by atoms with Crippen molar-refractivity contribution < 1.29 is 8.95 Å². The van der Waals surface area contributed by atoms with Gasteiger partial charge in [0.05, 0.1) is 33.6 Å². The van der Waals surface area contributed by atoms with Crippen LogP contribution in [0.5, 0.6) is 5.75 Å². The van der Waals surface area contributed by atoms with E-state index in [2.05, 4.69) is 0 Å². The molecule has 0 saturated heterocycles. The molecule has 0 amide bonds. The second-order valence-corrected chi connectivity index (χ2v) is 6.40. The molecule has 0 aliphatic rings. The molecule has 1 unspecified atom stereocenters. The third-order valence-corrected chi connectivity index (χ3v) is 4.81. The van der Waals surface area contributed by atoms with Gasteiger partial charge in [0.25, 0.3) is 0 Å². The number of rotatable bonds is 4. The lowest BCUT2D eigenvalue weighted by Crippen LogP contribution is -2.00. The van der Waals surface area contributed by atoms with Crippen molar-refractivity contribution in [3.8, 4) is 5.75 Å². The summed E-state index contributed by atoms with van der Waals surface area (Å²) in [6.07, 6.45) is 0. The first-order valence-electron chi connectivity index (χ1n) is 5.77. The summed E-state index contributed by atoms with van der Waals surface area (Å²) < 4.78 is 17.7. The summed E-state index contributed by atoms with van der Waals surface area (Å²) in [5, 5.41) is 0.963. The highest BCUT2D eigenvalue weighted by atomic mass is 35.5. The fraction of sp³-hybridized carbons (Fsp3) is 0.143. The highest BCUT2D eigenvalue weighted by Gasteiger charge is 2.13. The minimum Gasteiger partial charge on any atom is -0.496 e. The monoisotopic (exact) mass is 329 g/mol. The van der Waals surface area contributed by atoms with E-state index < -0.39 is 10.8 Å². The fourth-order valence-corrected chi connectivity index (χ4v) is 3.58. The number of methoxy groups -OCH3 is 1. The van der Waals surface area contributed by atoms with E-state index in [-0.39, 0.29) is 5.75 Å². The normalized spacial score (nSPS) is 12.2. The van der Waals surface area contributed by atoms with E-state index in [4.69, 9.17) is 33.7 Å². The Labute approximate surface area is 130 Å². The van der Waals surface area contributed by atoms with E-state index >= 15 is 0 Å². The van der Waals surface area contributed by atoms with Crippen molar-refractivity contribution in [3.05, 3.63) is 52.0 Å². The second-order valence-electron chi connectivity index (χ2n) is 4.14. The number of hydrogen-bond donors (Lipinski definition) is 1. The fourth-order valence-electron chi connectivity index (χ4n) is 1.78. The van der Waals surface area contributed by atoms with Crippen LogP contribution in [0.3, 0.4) is 0 Å². The Bertz CT molecular complexity index is 662. The Kier molecular flexibility index (Phi) is 4.91. The van der Waals surface area contributed by atoms with Gasteiger partial charge in [0.2, 0.25) is 0 Å². The molecular weight excluding hydrogens is 317 g/mol. The van der Waals surface area contributed by atoms with Gasteiger partial charge in [-0.1, -0.05) is 23.2 Å². The summed E-state index contributed by atoms with van der Waals surface area (Å²) in [7, 11) is 0.261. The smallest absolute Gasteiger partial charge is 0.123 e. The van der Waals surface area contributed by atoms with Gasteiger partial charge in [-0.2, -0.15) is 0 Å². The van der Waals surface area contributed by atoms with Gasteiger partial charge in [0.1, 0.15) is 5.75 Å². The molecule has 0 heterocycles. The predicted octanol–water partition coefficient (Wildman–Crippen LogP) is 3.89. The molecule has 0 spiro atoms. The molecule has 2 aromatic carbocycles. The van der Waals surface area contributed by atoms with Crippen LogP contribution in [0.1, 0.15) is 5.56 Å². The lowest BCUT2D eigenvalue weighted by atomic mass is 10.2. The molecule has 2 N–H and O–H groups in total. The maximum Gasteiger partial charge on any atom is 0.123 e. The van der Waals surface area contributed by atoms with Gasteiger partial charge >= 0.3 is 0 Å². The van der Waals surface area contributed by atoms with Crippen molar-refractivity contribution in [1.82, 2.24) is 0 Å². The van der Waals surface area contributed by atoms with Crippen LogP contribution in [-0.2, 0) is 16.6 Å². The lowest BCUT2D eigenvalue weighted by molar-refractivity contribution is 0.411. The maximum atomic E-state index is 12.4. The van der Waals surface area contributed by atoms with Crippen LogP contribution >= 0.6 is 23.2 Å². The predicted molar refractivity (Wildman–Crippen MR) is 84.0 cm³/mol. The average molecular weight is 330 g/mol. The molecule has 106 valence electrons. The molecule has 0 radical (unpaired) electrons. The van der Waals surface area contributed by atoms with Crippen LogP contribution in [0, 0.1) is 0 Å². The van der Waals surface area contributed by atoms with E-state index in [1.54, 1.807) is 43.5 Å². The summed E-state index contributed by atoms with van der Waals surface area (Å²) in [4.78, 5) is 0.544. The standard InChI is InChI=1S/C14H13Cl2NO2S/c1-19-13-4-2-10(15)6-9(13)8-20(18)14-5-3-11(17)7-12(14)16/h2-7H,8,17H2,1H3. The Morgan fingerprint density at radius 3 is 2.60 bits per heavy atom. The minimum absolute atomic E-state index is 0.271. The Hall–Kier alpha value is -1.23. The number of benzene rings is 2. The van der Waals surface area contributed by atoms with Gasteiger partial charge in [-0.05, 0) is 36.4 Å². The van der Waals surface area contributed by atoms with E-state index in [1.165, 1.54) is 0 Å². The van der Waals surface area contributed by atoms with Gasteiger partial charge in [-0.3, -0.25) is 4.21 Å². The van der Waals surface area contributed by atoms with Crippen LogP contribution in [0.2, 0.25) is 10.0 Å². The number of anilines is 1. The van der Waals surface area contributed by atoms with Gasteiger partial charge in [-0.15, -0.1) is 0 Å². The van der Waals surface area contributed by atoms with E-state index in [0.29, 0.717) is 26.4 Å². The van der Waals surface area contributed by atoms with Crippen molar-refractivity contribution in [3.63, 3.8) is 0 Å². The van der Waals surface area contributed by atoms with Crippen LogP contribution in [0.25, 0.3) is 0 Å². The Balaban J connectivity index is 2.30. The zero-order valence-electron chi connectivity index (χ0n) is 10.7. The van der Waals surface area contributed by atoms with Gasteiger partial charge < -0.3 is 10.5 Å². The average Bonchev–Trinajstić information content (AvgIpc) is 2.38. The molecule has 0 aromatic heterocycles. The third kappa shape index (κ3) is 3.45. The summed E-state index contributed by atoms with van der Waals surface area (Å²) in [6, 6.07) is 10.1. The number of nitrogens with two attached hydrogens (primary N) is 1. The number of halogens is 2. The molecule has 0 aliphatic heterocycles. The molecular formula is C14H13Cl2NO2S. The highest BCUT2D eigenvalue weighted by molar-refractivity contribution is 7.84. The van der Waals surface area contributed by atoms with Crippen LogP contribution in [-0.4, -0.2) is 11.3 Å². The molecule has 0 aliphatic carbocycles. The van der Waals surface area contributed by atoms with Crippen LogP contribution in [0.4, 0.5) is 5.69 Å². The molecule has 1 atom stereocenters. The molecule has 3 nitrogen and oxygen atoms in total. The minimum atomic E-state index is -1.30. The highest BCUT2D eigenvalue weighted by Crippen LogP contribution is 2.28. The summed E-state index contributed by atoms with van der Waals surface area (Å²) in [6.45, 7) is 0. The molecule has 0 fully saturated rings. The first kappa shape index (κ1) is 15.2. The van der Waals surface area contributed by atoms with Crippen molar-refractivity contribution >= 4 is 39.7 Å². The van der Waals surface area contributed by atoms with Crippen LogP contribution < -0.4 is 10.5 Å². The molecule has 2 rings (SSSR count). The van der Waals surface area contributed by atoms with Gasteiger partial charge in [0.15, 0.2) is 0 Å². The molecule has 0 bridgehead atoms. The van der Waals surface area contributed by atoms with Crippen molar-refractivity contribution in [2.45, 2.75) is 10.6 Å². The summed E-state index contributed by atoms with van der Waals surface area (Å²) in [5.74, 6) is 0.919. The number of ether oxygens (including phenoxy) is 1. The van der Waals surface area contributed by atoms with Crippen molar-refractivity contribution in [2.75, 3.05) is 12.8 Å². The third-order valence-electron chi connectivity index (χ3n) is 2.73. The molecule has 20 heavy (non-hydrogen) atoms. The summed E-state index contributed by atoms with van der Waals surface area (Å²) in [5.41, 5.74) is 6.93. The topological polar surface area (TPSA) is 52.3 Å². The molecule has 2 aromatic rings. The zero-order chi connectivity index (χ0) is 14.7. The SMILES string of the molecule is COc1ccc(Cl)cc1CS(=O)c1ccc(N)cc1Cl. The van der Waals surface area contributed by atoms with Gasteiger partial charge in [0, 0.05) is 16.3 Å².